The van der Waals surface area contributed by atoms with E-state index in [-0.39, 0.29) is 56.6 Å². The lowest BCUT2D eigenvalue weighted by atomic mass is 9.80. The van der Waals surface area contributed by atoms with Gasteiger partial charge in [-0.05, 0) is 80.8 Å². The third kappa shape index (κ3) is 16.1. The van der Waals surface area contributed by atoms with Gasteiger partial charge in [-0.1, -0.05) is 78.2 Å². The molecule has 6 rings (SSSR count). The fourth-order valence-corrected chi connectivity index (χ4v) is 10.1. The lowest BCUT2D eigenvalue weighted by Crippen LogP contribution is -2.64. The van der Waals surface area contributed by atoms with E-state index < -0.39 is 89.1 Å². The average Bonchev–Trinajstić information content (AvgIpc) is 3.93. The van der Waals surface area contributed by atoms with Crippen molar-refractivity contribution >= 4 is 108 Å². The highest BCUT2D eigenvalue weighted by Gasteiger charge is 2.45. The summed E-state index contributed by atoms with van der Waals surface area (Å²) in [6.45, 7) is 3.92. The number of carbonyl (C=O) groups is 10. The number of ketones is 1. The van der Waals surface area contributed by atoms with E-state index in [4.69, 9.17) is 21.8 Å². The molecule has 11 N–H and O–H groups in total. The highest BCUT2D eigenvalue weighted by atomic mass is 79.9. The van der Waals surface area contributed by atoms with Gasteiger partial charge in [-0.25, -0.2) is 4.79 Å². The van der Waals surface area contributed by atoms with Crippen molar-refractivity contribution in [2.75, 3.05) is 0 Å². The van der Waals surface area contributed by atoms with E-state index >= 15 is 0 Å². The summed E-state index contributed by atoms with van der Waals surface area (Å²) < 4.78 is 0.905. The van der Waals surface area contributed by atoms with Gasteiger partial charge < -0.3 is 57.2 Å². The Bertz CT molecular complexity index is 2560. The average molecular weight is 1110 g/mol. The summed E-state index contributed by atoms with van der Waals surface area (Å²) >= 11 is 9.49. The normalized spacial score (nSPS) is 16.4. The number of rotatable bonds is 22. The number of hydrogen-bond acceptors (Lipinski definition) is 10. The van der Waals surface area contributed by atoms with Crippen molar-refractivity contribution in [3.05, 3.63) is 69.4 Å². The molecule has 2 heterocycles. The molecule has 0 saturated heterocycles. The van der Waals surface area contributed by atoms with Crippen LogP contribution < -0.4 is 31.9 Å². The molecule has 2 aliphatic rings. The minimum absolute atomic E-state index is 0.0361. The Labute approximate surface area is 440 Å². The first-order chi connectivity index (χ1) is 35.0. The lowest BCUT2D eigenvalue weighted by Gasteiger charge is -2.38. The Balaban J connectivity index is 0.000000274. The Kier molecular flexibility index (Phi) is 20.7. The van der Waals surface area contributed by atoms with E-state index in [0.29, 0.717) is 43.5 Å². The number of nitrogens with one attached hydrogen (secondary N) is 8. The van der Waals surface area contributed by atoms with Gasteiger partial charge in [-0.15, -0.1) is 0 Å². The van der Waals surface area contributed by atoms with Crippen LogP contribution in [-0.4, -0.2) is 120 Å². The summed E-state index contributed by atoms with van der Waals surface area (Å²) in [5.74, 6) is -7.03. The second-order valence-electron chi connectivity index (χ2n) is 19.1. The quantitative estimate of drug-likeness (QED) is 0.0502. The molecule has 2 aromatic heterocycles. The highest BCUT2D eigenvalue weighted by molar-refractivity contribution is 9.10. The number of H-pyrrole nitrogens is 2. The number of benzene rings is 2. The van der Waals surface area contributed by atoms with Crippen molar-refractivity contribution in [1.29, 1.82) is 0 Å². The molecule has 0 unspecified atom stereocenters. The van der Waals surface area contributed by atoms with Gasteiger partial charge in [0.1, 0.15) is 29.2 Å². The van der Waals surface area contributed by atoms with E-state index in [0.717, 1.165) is 50.2 Å². The van der Waals surface area contributed by atoms with Gasteiger partial charge in [-0.2, -0.15) is 0 Å². The molecule has 4 aromatic rings. The number of aliphatic carboxylic acids is 3. The number of Topliss-reactive ketones (excluding diaryl/α,β-unsaturated/α-hetero) is 1. The van der Waals surface area contributed by atoms with Crippen molar-refractivity contribution < 1.29 is 63.3 Å². The van der Waals surface area contributed by atoms with Gasteiger partial charge in [0, 0.05) is 83.2 Å². The standard InChI is InChI=1S/C26H33BrN4O6.C25H31ClN4O7/c1-15(32)20(8-9-23(34)35)30-25(37)26(10-4-3-5-11-26)31-24(36)22(29-16(2)33)12-17-14-28-21-13-18(27)6-7-19(17)21;1-14(31)28-20(11-15-13-27-19-12-16(26)5-6-17(15)19)22(34)30-25(9-3-2-4-10-25)24(37)29-18(23(35)36)7-8-21(32)33/h6-7,13-14,20,22,28H,3-5,8-12H2,1-2H3,(H,29,33)(H,30,37)(H,31,36)(H,34,35);5-6,12-13,18,20,27H,2-4,7-11H2,1H3,(H,28,31)(H,29,37)(H,30,34)(H,32,33)(H,35,36)/t20-,22-;18-,20-/m00/s1. The summed E-state index contributed by atoms with van der Waals surface area (Å²) in [7, 11) is 0. The van der Waals surface area contributed by atoms with Crippen molar-refractivity contribution in [2.45, 2.75) is 159 Å². The van der Waals surface area contributed by atoms with Crippen LogP contribution in [0.3, 0.4) is 0 Å². The summed E-state index contributed by atoms with van der Waals surface area (Å²) in [5, 5.41) is 45.9. The van der Waals surface area contributed by atoms with Crippen molar-refractivity contribution in [3.63, 3.8) is 0 Å². The molecular formula is C51H64BrClN8O13. The van der Waals surface area contributed by atoms with Crippen LogP contribution in [0.15, 0.2) is 53.3 Å². The summed E-state index contributed by atoms with van der Waals surface area (Å²) in [5.41, 5.74) is 0.621. The van der Waals surface area contributed by atoms with Gasteiger partial charge in [0.15, 0.2) is 5.78 Å². The van der Waals surface area contributed by atoms with Gasteiger partial charge in [-0.3, -0.25) is 43.2 Å². The molecule has 2 aromatic carbocycles. The summed E-state index contributed by atoms with van der Waals surface area (Å²) in [6, 6.07) is 6.71. The number of carboxylic acid groups (broad SMARTS) is 3. The third-order valence-electron chi connectivity index (χ3n) is 13.4. The Morgan fingerprint density at radius 3 is 1.42 bits per heavy atom. The maximum Gasteiger partial charge on any atom is 0.326 e. The number of amides is 6. The first-order valence-corrected chi connectivity index (χ1v) is 25.7. The van der Waals surface area contributed by atoms with Crippen molar-refractivity contribution in [1.82, 2.24) is 41.9 Å². The molecule has 74 heavy (non-hydrogen) atoms. The van der Waals surface area contributed by atoms with Crippen LogP contribution in [0.5, 0.6) is 0 Å². The van der Waals surface area contributed by atoms with Crippen LogP contribution >= 0.6 is 27.5 Å². The molecule has 6 amide bonds. The van der Waals surface area contributed by atoms with Gasteiger partial charge >= 0.3 is 17.9 Å². The van der Waals surface area contributed by atoms with Crippen molar-refractivity contribution in [2.24, 2.45) is 0 Å². The number of fused-ring (bicyclic) bond motifs is 2. The first kappa shape index (κ1) is 58.1. The zero-order valence-corrected chi connectivity index (χ0v) is 43.8. The molecule has 0 radical (unpaired) electrons. The molecule has 23 heteroatoms. The molecule has 2 saturated carbocycles. The molecule has 0 spiro atoms. The zero-order valence-electron chi connectivity index (χ0n) is 41.4. The van der Waals surface area contributed by atoms with E-state index in [9.17, 15) is 53.1 Å². The van der Waals surface area contributed by atoms with E-state index in [1.807, 2.05) is 24.3 Å². The molecule has 2 aliphatic carbocycles. The zero-order chi connectivity index (χ0) is 54.3. The van der Waals surface area contributed by atoms with Crippen molar-refractivity contribution in [3.8, 4) is 0 Å². The maximum atomic E-state index is 13.5. The third-order valence-corrected chi connectivity index (χ3v) is 14.1. The van der Waals surface area contributed by atoms with Crippen LogP contribution in [0.25, 0.3) is 21.8 Å². The SMILES string of the molecule is CC(=O)N[C@@H](Cc1c[nH]c2cc(Br)ccc12)C(=O)NC1(C(=O)N[C@@H](CCC(=O)O)C(C)=O)CCCCC1.CC(=O)N[C@@H](Cc1c[nH]c2cc(Cl)ccc12)C(=O)NC1(C(=O)N[C@@H](CCC(=O)O)C(=O)O)CCCCC1. The predicted octanol–water partition coefficient (Wildman–Crippen LogP) is 4.86. The maximum absolute atomic E-state index is 13.5. The molecule has 0 aliphatic heterocycles. The van der Waals surface area contributed by atoms with E-state index in [2.05, 4.69) is 57.8 Å². The minimum atomic E-state index is -1.41. The molecule has 400 valence electrons. The Hall–Kier alpha value is -6.81. The van der Waals surface area contributed by atoms with E-state index in [1.165, 1.54) is 20.8 Å². The monoisotopic (exact) mass is 1110 g/mol. The molecule has 0 bridgehead atoms. The fourth-order valence-electron chi connectivity index (χ4n) is 9.54. The second-order valence-corrected chi connectivity index (χ2v) is 20.4. The second kappa shape index (κ2) is 26.4. The topological polar surface area (TPSA) is 335 Å². The largest absolute Gasteiger partial charge is 0.481 e. The highest BCUT2D eigenvalue weighted by Crippen LogP contribution is 2.32. The first-order valence-electron chi connectivity index (χ1n) is 24.5. The number of carbonyl (C=O) groups excluding carboxylic acids is 7. The predicted molar refractivity (Wildman–Crippen MR) is 276 cm³/mol. The molecular weight excluding hydrogens is 1050 g/mol. The number of carboxylic acids is 3. The van der Waals surface area contributed by atoms with Gasteiger partial charge in [0.05, 0.1) is 6.04 Å². The summed E-state index contributed by atoms with van der Waals surface area (Å²) in [4.78, 5) is 130. The van der Waals surface area contributed by atoms with Gasteiger partial charge in [0.2, 0.25) is 35.4 Å². The van der Waals surface area contributed by atoms with E-state index in [1.54, 1.807) is 24.5 Å². The molecule has 4 atom stereocenters. The Morgan fingerprint density at radius 1 is 0.581 bits per heavy atom. The smallest absolute Gasteiger partial charge is 0.326 e. The molecule has 21 nitrogen and oxygen atoms in total. The number of aromatic nitrogens is 2. The minimum Gasteiger partial charge on any atom is -0.481 e. The van der Waals surface area contributed by atoms with Crippen LogP contribution in [-0.2, 0) is 60.8 Å². The van der Waals surface area contributed by atoms with Crippen LogP contribution in [0.1, 0.15) is 122 Å². The number of halogens is 2. The fraction of sp³-hybridized carbons (Fsp3) is 0.490. The van der Waals surface area contributed by atoms with Crippen LogP contribution in [0, 0.1) is 0 Å². The summed E-state index contributed by atoms with van der Waals surface area (Å²) in [6.07, 6.45) is 8.59. The molecule has 2 fully saturated rings. The Morgan fingerprint density at radius 2 is 1.00 bits per heavy atom. The lowest BCUT2D eigenvalue weighted by molar-refractivity contribution is -0.145. The number of hydrogen-bond donors (Lipinski definition) is 11. The van der Waals surface area contributed by atoms with Crippen LogP contribution in [0.2, 0.25) is 5.02 Å². The number of aromatic amines is 2. The van der Waals surface area contributed by atoms with Crippen LogP contribution in [0.4, 0.5) is 0 Å². The van der Waals surface area contributed by atoms with Gasteiger partial charge in [0.25, 0.3) is 0 Å².